The Morgan fingerprint density at radius 2 is 1.96 bits per heavy atom. The monoisotopic (exact) mass is 411 g/mol. The standard InChI is InChI=1S/C19H26FN3O2S2/c1-19(2)16(23(25)17(24)21-15-6-4-3-5-7-15)22(18(26)27-19)12-13-8-10-14(20)11-9-13/h8-11,15-16,25H,3-7,12H2,1-2H3,(H,21,24)/t16-/m0/s1. The van der Waals surface area contributed by atoms with Crippen LogP contribution in [0.15, 0.2) is 24.3 Å². The number of carbonyl (C=O) groups excluding carboxylic acids is 1. The van der Waals surface area contributed by atoms with Crippen LogP contribution < -0.4 is 5.32 Å². The van der Waals surface area contributed by atoms with Gasteiger partial charge in [0.25, 0.3) is 0 Å². The molecule has 1 saturated heterocycles. The summed E-state index contributed by atoms with van der Waals surface area (Å²) in [5, 5.41) is 14.5. The lowest BCUT2D eigenvalue weighted by molar-refractivity contribution is -0.120. The normalized spacial score (nSPS) is 22.7. The van der Waals surface area contributed by atoms with E-state index < -0.39 is 16.9 Å². The molecule has 0 unspecified atom stereocenters. The summed E-state index contributed by atoms with van der Waals surface area (Å²) in [6.07, 6.45) is 4.68. The molecule has 2 amide bonds. The van der Waals surface area contributed by atoms with Crippen LogP contribution in [0.5, 0.6) is 0 Å². The number of urea groups is 1. The summed E-state index contributed by atoms with van der Waals surface area (Å²) in [6, 6.07) is 5.79. The van der Waals surface area contributed by atoms with Gasteiger partial charge in [-0.25, -0.2) is 9.18 Å². The zero-order valence-corrected chi connectivity index (χ0v) is 17.3. The van der Waals surface area contributed by atoms with E-state index in [1.807, 2.05) is 18.7 Å². The summed E-state index contributed by atoms with van der Waals surface area (Å²) in [6.45, 7) is 4.31. The van der Waals surface area contributed by atoms with Crippen molar-refractivity contribution in [2.45, 2.75) is 69.5 Å². The average Bonchev–Trinajstić information content (AvgIpc) is 2.85. The van der Waals surface area contributed by atoms with Gasteiger partial charge in [0.15, 0.2) is 0 Å². The number of hydroxylamine groups is 2. The van der Waals surface area contributed by atoms with Gasteiger partial charge < -0.3 is 10.2 Å². The van der Waals surface area contributed by atoms with Gasteiger partial charge in [-0.05, 0) is 44.4 Å². The number of thioether (sulfide) groups is 1. The van der Waals surface area contributed by atoms with E-state index in [2.05, 4.69) is 5.32 Å². The highest BCUT2D eigenvalue weighted by molar-refractivity contribution is 8.24. The second kappa shape index (κ2) is 8.32. The number of rotatable bonds is 4. The number of amides is 2. The second-order valence-electron chi connectivity index (χ2n) is 7.73. The lowest BCUT2D eigenvalue weighted by Gasteiger charge is -2.37. The van der Waals surface area contributed by atoms with Gasteiger partial charge in [-0.1, -0.05) is 55.4 Å². The van der Waals surface area contributed by atoms with E-state index in [-0.39, 0.29) is 11.9 Å². The molecule has 1 atom stereocenters. The van der Waals surface area contributed by atoms with Crippen molar-refractivity contribution in [1.82, 2.24) is 15.3 Å². The molecule has 1 aliphatic carbocycles. The van der Waals surface area contributed by atoms with Crippen LogP contribution in [0.1, 0.15) is 51.5 Å². The first-order chi connectivity index (χ1) is 12.8. The Morgan fingerprint density at radius 1 is 1.33 bits per heavy atom. The summed E-state index contributed by atoms with van der Waals surface area (Å²) < 4.78 is 13.3. The van der Waals surface area contributed by atoms with Gasteiger partial charge in [0, 0.05) is 12.6 Å². The van der Waals surface area contributed by atoms with Crippen LogP contribution in [0, 0.1) is 5.82 Å². The smallest absolute Gasteiger partial charge is 0.333 e. The Bertz CT molecular complexity index is 693. The largest absolute Gasteiger partial charge is 0.343 e. The van der Waals surface area contributed by atoms with Crippen LogP contribution in [-0.2, 0) is 6.54 Å². The van der Waals surface area contributed by atoms with Gasteiger partial charge in [0.1, 0.15) is 16.3 Å². The maximum absolute atomic E-state index is 13.2. The first-order valence-corrected chi connectivity index (χ1v) is 10.5. The van der Waals surface area contributed by atoms with Crippen molar-refractivity contribution in [3.63, 3.8) is 0 Å². The molecule has 0 bridgehead atoms. The number of thiocarbonyl (C=S) groups is 1. The third-order valence-electron chi connectivity index (χ3n) is 5.14. The molecule has 0 radical (unpaired) electrons. The molecular weight excluding hydrogens is 385 g/mol. The summed E-state index contributed by atoms with van der Waals surface area (Å²) in [7, 11) is 0. The van der Waals surface area contributed by atoms with Gasteiger partial charge >= 0.3 is 6.03 Å². The molecule has 8 heteroatoms. The second-order valence-corrected chi connectivity index (χ2v) is 10.0. The Labute approximate surface area is 169 Å². The Balaban J connectivity index is 1.74. The molecule has 27 heavy (non-hydrogen) atoms. The van der Waals surface area contributed by atoms with E-state index in [0.29, 0.717) is 10.9 Å². The topological polar surface area (TPSA) is 55.8 Å². The lowest BCUT2D eigenvalue weighted by Crippen LogP contribution is -2.57. The molecule has 2 N–H and O–H groups in total. The van der Waals surface area contributed by atoms with E-state index in [1.165, 1.54) is 30.3 Å². The molecule has 0 spiro atoms. The first kappa shape index (κ1) is 20.4. The minimum absolute atomic E-state index is 0.107. The summed E-state index contributed by atoms with van der Waals surface area (Å²) in [5.74, 6) is -0.301. The van der Waals surface area contributed by atoms with Crippen molar-refractivity contribution in [2.24, 2.45) is 0 Å². The molecule has 2 aliphatic rings. The van der Waals surface area contributed by atoms with E-state index in [9.17, 15) is 14.4 Å². The van der Waals surface area contributed by atoms with Gasteiger partial charge in [-0.3, -0.25) is 5.21 Å². The molecule has 2 fully saturated rings. The fourth-order valence-electron chi connectivity index (χ4n) is 3.77. The molecule has 148 valence electrons. The number of hydrogen-bond donors (Lipinski definition) is 2. The minimum Gasteiger partial charge on any atom is -0.333 e. The number of carbonyl (C=O) groups is 1. The quantitative estimate of drug-likeness (QED) is 0.434. The predicted molar refractivity (Wildman–Crippen MR) is 109 cm³/mol. The van der Waals surface area contributed by atoms with Crippen LogP contribution in [0.2, 0.25) is 0 Å². The summed E-state index contributed by atoms with van der Waals surface area (Å²) in [5.41, 5.74) is 0.864. The highest BCUT2D eigenvalue weighted by atomic mass is 32.2. The molecule has 1 aromatic rings. The number of nitrogens with zero attached hydrogens (tertiary/aromatic N) is 2. The summed E-state index contributed by atoms with van der Waals surface area (Å²) >= 11 is 6.96. The Hall–Kier alpha value is -1.38. The van der Waals surface area contributed by atoms with Crippen molar-refractivity contribution in [1.29, 1.82) is 0 Å². The number of hydrogen-bond acceptors (Lipinski definition) is 4. The highest BCUT2D eigenvalue weighted by Crippen LogP contribution is 2.43. The van der Waals surface area contributed by atoms with Crippen LogP contribution >= 0.6 is 24.0 Å². The maximum Gasteiger partial charge on any atom is 0.343 e. The van der Waals surface area contributed by atoms with E-state index >= 15 is 0 Å². The fourth-order valence-corrected chi connectivity index (χ4v) is 5.65. The van der Waals surface area contributed by atoms with E-state index in [0.717, 1.165) is 36.3 Å². The highest BCUT2D eigenvalue weighted by Gasteiger charge is 2.49. The van der Waals surface area contributed by atoms with E-state index in [1.54, 1.807) is 12.1 Å². The number of benzene rings is 1. The molecule has 1 aliphatic heterocycles. The number of nitrogens with one attached hydrogen (secondary N) is 1. The number of halogens is 1. The van der Waals surface area contributed by atoms with Crippen LogP contribution in [-0.4, -0.2) is 42.5 Å². The third-order valence-corrected chi connectivity index (χ3v) is 6.77. The molecule has 3 rings (SSSR count). The molecule has 1 aromatic carbocycles. The molecule has 5 nitrogen and oxygen atoms in total. The fraction of sp³-hybridized carbons (Fsp3) is 0.579. The minimum atomic E-state index is -0.608. The zero-order valence-electron chi connectivity index (χ0n) is 15.7. The lowest BCUT2D eigenvalue weighted by atomic mass is 9.96. The van der Waals surface area contributed by atoms with Gasteiger partial charge in [-0.15, -0.1) is 0 Å². The van der Waals surface area contributed by atoms with Crippen molar-refractivity contribution in [2.75, 3.05) is 0 Å². The Morgan fingerprint density at radius 3 is 2.59 bits per heavy atom. The van der Waals surface area contributed by atoms with Crippen LogP contribution in [0.3, 0.4) is 0 Å². The third kappa shape index (κ3) is 4.73. The predicted octanol–water partition coefficient (Wildman–Crippen LogP) is 4.50. The van der Waals surface area contributed by atoms with Crippen molar-refractivity contribution in [3.8, 4) is 0 Å². The first-order valence-electron chi connectivity index (χ1n) is 9.30. The SMILES string of the molecule is CC1(C)SC(=S)N(Cc2ccc(F)cc2)[C@H]1N(O)C(=O)NC1CCCCC1. The molecule has 1 heterocycles. The van der Waals surface area contributed by atoms with Crippen LogP contribution in [0.25, 0.3) is 0 Å². The zero-order chi connectivity index (χ0) is 19.6. The van der Waals surface area contributed by atoms with Crippen molar-refractivity contribution < 1.29 is 14.4 Å². The molecule has 1 saturated carbocycles. The Kier molecular flexibility index (Phi) is 6.28. The van der Waals surface area contributed by atoms with Gasteiger partial charge in [0.05, 0.1) is 4.75 Å². The van der Waals surface area contributed by atoms with Crippen molar-refractivity contribution in [3.05, 3.63) is 35.6 Å². The molecule has 0 aromatic heterocycles. The van der Waals surface area contributed by atoms with Crippen molar-refractivity contribution >= 4 is 34.3 Å². The van der Waals surface area contributed by atoms with Gasteiger partial charge in [0.2, 0.25) is 0 Å². The van der Waals surface area contributed by atoms with Gasteiger partial charge in [-0.2, -0.15) is 5.06 Å². The maximum atomic E-state index is 13.2. The van der Waals surface area contributed by atoms with E-state index in [4.69, 9.17) is 12.2 Å². The molecular formula is C19H26FN3O2S2. The average molecular weight is 412 g/mol. The van der Waals surface area contributed by atoms with Crippen LogP contribution in [0.4, 0.5) is 9.18 Å². The summed E-state index contributed by atoms with van der Waals surface area (Å²) in [4.78, 5) is 14.5.